The van der Waals surface area contributed by atoms with E-state index in [2.05, 4.69) is 16.6 Å². The Morgan fingerprint density at radius 3 is 2.55 bits per heavy atom. The summed E-state index contributed by atoms with van der Waals surface area (Å²) in [5.41, 5.74) is 5.07. The molecule has 0 heterocycles. The predicted octanol–water partition coefficient (Wildman–Crippen LogP) is 0.148. The van der Waals surface area contributed by atoms with E-state index in [9.17, 15) is 4.79 Å². The highest BCUT2D eigenvalue weighted by Crippen LogP contribution is 2.09. The van der Waals surface area contributed by atoms with E-state index in [1.54, 1.807) is 0 Å². The summed E-state index contributed by atoms with van der Waals surface area (Å²) in [6, 6.07) is 0. The molecule has 2 N–H and O–H groups in total. The molecule has 0 aliphatic heterocycles. The van der Waals surface area contributed by atoms with Gasteiger partial charge in [-0.1, -0.05) is 5.92 Å². The number of methoxy groups -OCH3 is 1. The Hall–Kier alpha value is -1.01. The SMILES string of the molecule is COC(=O)C#CC(C)(C)CN. The van der Waals surface area contributed by atoms with Gasteiger partial charge in [0.05, 0.1) is 7.11 Å². The molecule has 62 valence electrons. The van der Waals surface area contributed by atoms with Crippen molar-refractivity contribution in [2.75, 3.05) is 13.7 Å². The van der Waals surface area contributed by atoms with Crippen LogP contribution in [-0.2, 0) is 9.53 Å². The first-order valence-corrected chi connectivity index (χ1v) is 3.33. The number of carbonyl (C=O) groups is 1. The fraction of sp³-hybridized carbons (Fsp3) is 0.625. The van der Waals surface area contributed by atoms with Crippen LogP contribution in [0.15, 0.2) is 0 Å². The number of nitrogens with two attached hydrogens (primary N) is 1. The van der Waals surface area contributed by atoms with Crippen molar-refractivity contribution in [3.63, 3.8) is 0 Å². The van der Waals surface area contributed by atoms with Gasteiger partial charge in [0, 0.05) is 17.9 Å². The molecule has 0 spiro atoms. The second-order valence-electron chi connectivity index (χ2n) is 2.83. The zero-order valence-electron chi connectivity index (χ0n) is 7.10. The normalized spacial score (nSPS) is 9.82. The van der Waals surface area contributed by atoms with Gasteiger partial charge >= 0.3 is 5.97 Å². The van der Waals surface area contributed by atoms with E-state index in [0.717, 1.165) is 0 Å². The van der Waals surface area contributed by atoms with Crippen molar-refractivity contribution in [3.05, 3.63) is 0 Å². The summed E-state index contributed by atoms with van der Waals surface area (Å²) in [6.45, 7) is 4.16. The summed E-state index contributed by atoms with van der Waals surface area (Å²) in [5.74, 6) is 4.52. The van der Waals surface area contributed by atoms with Crippen LogP contribution in [0.4, 0.5) is 0 Å². The quantitative estimate of drug-likeness (QED) is 0.333. The van der Waals surface area contributed by atoms with E-state index >= 15 is 0 Å². The van der Waals surface area contributed by atoms with Gasteiger partial charge in [0.1, 0.15) is 0 Å². The third kappa shape index (κ3) is 4.40. The lowest BCUT2D eigenvalue weighted by atomic mass is 9.95. The zero-order valence-corrected chi connectivity index (χ0v) is 7.10. The van der Waals surface area contributed by atoms with Crippen LogP contribution < -0.4 is 5.73 Å². The van der Waals surface area contributed by atoms with Crippen molar-refractivity contribution < 1.29 is 9.53 Å². The molecule has 0 radical (unpaired) electrons. The van der Waals surface area contributed by atoms with Gasteiger partial charge in [-0.05, 0) is 13.8 Å². The van der Waals surface area contributed by atoms with Crippen LogP contribution in [0.1, 0.15) is 13.8 Å². The Labute approximate surface area is 66.9 Å². The maximum absolute atomic E-state index is 10.5. The van der Waals surface area contributed by atoms with E-state index < -0.39 is 5.97 Å². The Kier molecular flexibility index (Phi) is 3.63. The van der Waals surface area contributed by atoms with Crippen molar-refractivity contribution in [3.8, 4) is 11.8 Å². The van der Waals surface area contributed by atoms with E-state index in [1.807, 2.05) is 13.8 Å². The lowest BCUT2D eigenvalue weighted by molar-refractivity contribution is -0.133. The van der Waals surface area contributed by atoms with Gasteiger partial charge in [-0.3, -0.25) is 0 Å². The summed E-state index contributed by atoms with van der Waals surface area (Å²) < 4.78 is 4.34. The molecular formula is C8H13NO2. The molecule has 0 amide bonds. The maximum Gasteiger partial charge on any atom is 0.384 e. The van der Waals surface area contributed by atoms with E-state index in [-0.39, 0.29) is 5.41 Å². The van der Waals surface area contributed by atoms with Gasteiger partial charge < -0.3 is 10.5 Å². The van der Waals surface area contributed by atoms with Crippen LogP contribution in [0.2, 0.25) is 0 Å². The number of hydrogen-bond donors (Lipinski definition) is 1. The van der Waals surface area contributed by atoms with Crippen LogP contribution in [-0.4, -0.2) is 19.6 Å². The molecule has 3 heteroatoms. The molecule has 0 fully saturated rings. The lowest BCUT2D eigenvalue weighted by Gasteiger charge is -2.12. The molecule has 0 unspecified atom stereocenters. The average Bonchev–Trinajstić information content (AvgIpc) is 2.00. The fourth-order valence-electron chi connectivity index (χ4n) is 0.322. The van der Waals surface area contributed by atoms with Crippen molar-refractivity contribution in [2.45, 2.75) is 13.8 Å². The van der Waals surface area contributed by atoms with E-state index in [1.165, 1.54) is 7.11 Å². The summed E-state index contributed by atoms with van der Waals surface area (Å²) in [6.07, 6.45) is 0. The third-order valence-electron chi connectivity index (χ3n) is 1.20. The molecule has 0 aromatic rings. The Morgan fingerprint density at radius 1 is 1.64 bits per heavy atom. The molecule has 0 bridgehead atoms. The Balaban J connectivity index is 4.16. The second kappa shape index (κ2) is 3.99. The van der Waals surface area contributed by atoms with Gasteiger partial charge in [0.25, 0.3) is 0 Å². The minimum Gasteiger partial charge on any atom is -0.459 e. The number of rotatable bonds is 1. The van der Waals surface area contributed by atoms with E-state index in [4.69, 9.17) is 5.73 Å². The first-order chi connectivity index (χ1) is 5.02. The Bertz CT molecular complexity index is 198. The van der Waals surface area contributed by atoms with Gasteiger partial charge in [-0.15, -0.1) is 0 Å². The molecule has 0 aromatic heterocycles. The highest BCUT2D eigenvalue weighted by Gasteiger charge is 2.10. The molecule has 0 atom stereocenters. The zero-order chi connectivity index (χ0) is 8.91. The van der Waals surface area contributed by atoms with Gasteiger partial charge in [-0.25, -0.2) is 4.79 Å². The second-order valence-corrected chi connectivity index (χ2v) is 2.83. The molecule has 0 aliphatic rings. The number of ether oxygens (including phenoxy) is 1. The van der Waals surface area contributed by atoms with Crippen molar-refractivity contribution in [2.24, 2.45) is 11.1 Å². The number of carbonyl (C=O) groups excluding carboxylic acids is 1. The molecule has 3 nitrogen and oxygen atoms in total. The molecule has 0 aromatic carbocycles. The Morgan fingerprint density at radius 2 is 2.18 bits per heavy atom. The molecule has 0 rings (SSSR count). The highest BCUT2D eigenvalue weighted by atomic mass is 16.5. The third-order valence-corrected chi connectivity index (χ3v) is 1.20. The lowest BCUT2D eigenvalue weighted by Crippen LogP contribution is -2.21. The molecule has 11 heavy (non-hydrogen) atoms. The van der Waals surface area contributed by atoms with Crippen molar-refractivity contribution in [1.82, 2.24) is 0 Å². The first kappa shape index (κ1) is 9.99. The molecule has 0 saturated heterocycles. The van der Waals surface area contributed by atoms with E-state index in [0.29, 0.717) is 6.54 Å². The van der Waals surface area contributed by atoms with Crippen molar-refractivity contribution in [1.29, 1.82) is 0 Å². The summed E-state index contributed by atoms with van der Waals surface area (Å²) in [5, 5.41) is 0. The van der Waals surface area contributed by atoms with Crippen LogP contribution in [0, 0.1) is 17.3 Å². The average molecular weight is 155 g/mol. The van der Waals surface area contributed by atoms with Crippen LogP contribution in [0.3, 0.4) is 0 Å². The topological polar surface area (TPSA) is 52.3 Å². The molecular weight excluding hydrogens is 142 g/mol. The summed E-state index contributed by atoms with van der Waals surface area (Å²) >= 11 is 0. The minimum absolute atomic E-state index is 0.311. The van der Waals surface area contributed by atoms with Crippen LogP contribution in [0.5, 0.6) is 0 Å². The van der Waals surface area contributed by atoms with Gasteiger partial charge in [0.15, 0.2) is 0 Å². The predicted molar refractivity (Wildman–Crippen MR) is 42.6 cm³/mol. The maximum atomic E-state index is 10.5. The van der Waals surface area contributed by atoms with Crippen LogP contribution in [0.25, 0.3) is 0 Å². The first-order valence-electron chi connectivity index (χ1n) is 3.33. The number of esters is 1. The number of hydrogen-bond acceptors (Lipinski definition) is 3. The molecule has 0 saturated carbocycles. The smallest absolute Gasteiger partial charge is 0.384 e. The van der Waals surface area contributed by atoms with Crippen LogP contribution >= 0.6 is 0 Å². The van der Waals surface area contributed by atoms with Gasteiger partial charge in [-0.2, -0.15) is 0 Å². The van der Waals surface area contributed by atoms with Gasteiger partial charge in [0.2, 0.25) is 0 Å². The summed E-state index contributed by atoms with van der Waals surface area (Å²) in [7, 11) is 1.30. The monoisotopic (exact) mass is 155 g/mol. The largest absolute Gasteiger partial charge is 0.459 e. The molecule has 0 aliphatic carbocycles. The fourth-order valence-corrected chi connectivity index (χ4v) is 0.322. The summed E-state index contributed by atoms with van der Waals surface area (Å²) in [4.78, 5) is 10.5. The minimum atomic E-state index is -0.522. The highest BCUT2D eigenvalue weighted by molar-refractivity contribution is 5.88. The van der Waals surface area contributed by atoms with Crippen molar-refractivity contribution >= 4 is 5.97 Å². The standard InChI is InChI=1S/C8H13NO2/c1-8(2,6-9)5-4-7(10)11-3/h6,9H2,1-3H3.